The number of imidazole rings is 1. The maximum Gasteiger partial charge on any atom is 0.144 e. The Morgan fingerprint density at radius 3 is 2.65 bits per heavy atom. The third kappa shape index (κ3) is 1.65. The van der Waals surface area contributed by atoms with Gasteiger partial charge in [-0.1, -0.05) is 30.3 Å². The van der Waals surface area contributed by atoms with Crippen molar-refractivity contribution in [1.82, 2.24) is 9.38 Å². The summed E-state index contributed by atoms with van der Waals surface area (Å²) in [4.78, 5) is 4.48. The normalized spacial score (nSPS) is 10.6. The number of pyridine rings is 1. The molecule has 3 heteroatoms. The van der Waals surface area contributed by atoms with E-state index in [1.54, 1.807) is 0 Å². The SMILES string of the molecule is CNc1ccc2cnc(-c3ccccc3)n2c1. The lowest BCUT2D eigenvalue weighted by Crippen LogP contribution is -1.93. The van der Waals surface area contributed by atoms with Crippen molar-refractivity contribution in [3.05, 3.63) is 54.9 Å². The van der Waals surface area contributed by atoms with Crippen LogP contribution in [0.3, 0.4) is 0 Å². The highest BCUT2D eigenvalue weighted by Gasteiger charge is 2.05. The van der Waals surface area contributed by atoms with Crippen molar-refractivity contribution in [1.29, 1.82) is 0 Å². The minimum atomic E-state index is 0.970. The molecule has 0 unspecified atom stereocenters. The topological polar surface area (TPSA) is 29.3 Å². The predicted molar refractivity (Wildman–Crippen MR) is 70.2 cm³/mol. The summed E-state index contributed by atoms with van der Waals surface area (Å²) in [6.45, 7) is 0. The van der Waals surface area contributed by atoms with E-state index in [4.69, 9.17) is 0 Å². The molecule has 84 valence electrons. The molecule has 3 nitrogen and oxygen atoms in total. The molecular formula is C14H13N3. The van der Waals surface area contributed by atoms with Crippen molar-refractivity contribution in [2.75, 3.05) is 12.4 Å². The molecule has 0 radical (unpaired) electrons. The molecule has 0 atom stereocenters. The van der Waals surface area contributed by atoms with E-state index < -0.39 is 0 Å². The average molecular weight is 223 g/mol. The molecule has 0 aliphatic heterocycles. The van der Waals surface area contributed by atoms with Gasteiger partial charge in [-0.05, 0) is 12.1 Å². The molecule has 0 bridgehead atoms. The van der Waals surface area contributed by atoms with E-state index in [0.717, 1.165) is 22.6 Å². The van der Waals surface area contributed by atoms with Gasteiger partial charge in [0.1, 0.15) is 5.82 Å². The monoisotopic (exact) mass is 223 g/mol. The summed E-state index contributed by atoms with van der Waals surface area (Å²) in [6.07, 6.45) is 3.95. The van der Waals surface area contributed by atoms with Crippen molar-refractivity contribution in [2.24, 2.45) is 0 Å². The molecule has 1 aromatic carbocycles. The maximum absolute atomic E-state index is 4.48. The van der Waals surface area contributed by atoms with E-state index in [1.807, 2.05) is 37.5 Å². The first-order valence-electron chi connectivity index (χ1n) is 5.59. The fourth-order valence-corrected chi connectivity index (χ4v) is 1.94. The zero-order valence-corrected chi connectivity index (χ0v) is 9.59. The van der Waals surface area contributed by atoms with Crippen LogP contribution in [0.25, 0.3) is 16.9 Å². The van der Waals surface area contributed by atoms with E-state index in [1.165, 1.54) is 0 Å². The van der Waals surface area contributed by atoms with Crippen LogP contribution in [-0.4, -0.2) is 16.4 Å². The lowest BCUT2D eigenvalue weighted by Gasteiger charge is -2.04. The van der Waals surface area contributed by atoms with Crippen molar-refractivity contribution < 1.29 is 0 Å². The van der Waals surface area contributed by atoms with Crippen LogP contribution < -0.4 is 5.32 Å². The number of hydrogen-bond acceptors (Lipinski definition) is 2. The molecule has 1 N–H and O–H groups in total. The maximum atomic E-state index is 4.48. The molecular weight excluding hydrogens is 210 g/mol. The van der Waals surface area contributed by atoms with Gasteiger partial charge in [-0.25, -0.2) is 4.98 Å². The largest absolute Gasteiger partial charge is 0.387 e. The molecule has 0 aliphatic carbocycles. The number of fused-ring (bicyclic) bond motifs is 1. The first kappa shape index (κ1) is 9.90. The molecule has 2 aromatic heterocycles. The second kappa shape index (κ2) is 3.94. The Hall–Kier alpha value is -2.29. The Bertz CT molecular complexity index is 641. The minimum absolute atomic E-state index is 0.970. The van der Waals surface area contributed by atoms with Crippen molar-refractivity contribution >= 4 is 11.2 Å². The van der Waals surface area contributed by atoms with Crippen LogP contribution in [0.2, 0.25) is 0 Å². The Kier molecular flexibility index (Phi) is 2.29. The molecule has 0 amide bonds. The summed E-state index contributed by atoms with van der Waals surface area (Å²) in [5, 5.41) is 3.14. The quantitative estimate of drug-likeness (QED) is 0.723. The number of anilines is 1. The van der Waals surface area contributed by atoms with Gasteiger partial charge in [0.2, 0.25) is 0 Å². The van der Waals surface area contributed by atoms with Gasteiger partial charge in [0, 0.05) is 18.8 Å². The van der Waals surface area contributed by atoms with E-state index in [2.05, 4.69) is 39.1 Å². The number of nitrogens with one attached hydrogen (secondary N) is 1. The average Bonchev–Trinajstić information content (AvgIpc) is 2.82. The third-order valence-corrected chi connectivity index (χ3v) is 2.85. The second-order valence-electron chi connectivity index (χ2n) is 3.91. The Morgan fingerprint density at radius 1 is 1.06 bits per heavy atom. The van der Waals surface area contributed by atoms with Crippen molar-refractivity contribution in [3.8, 4) is 11.4 Å². The van der Waals surface area contributed by atoms with Gasteiger partial charge in [0.25, 0.3) is 0 Å². The van der Waals surface area contributed by atoms with Gasteiger partial charge in [-0.2, -0.15) is 0 Å². The Labute approximate surface area is 99.7 Å². The van der Waals surface area contributed by atoms with Crippen molar-refractivity contribution in [3.63, 3.8) is 0 Å². The van der Waals surface area contributed by atoms with Crippen LogP contribution in [0.4, 0.5) is 5.69 Å². The molecule has 0 fully saturated rings. The zero-order valence-electron chi connectivity index (χ0n) is 9.59. The summed E-state index contributed by atoms with van der Waals surface area (Å²) in [7, 11) is 1.92. The number of hydrogen-bond donors (Lipinski definition) is 1. The summed E-state index contributed by atoms with van der Waals surface area (Å²) < 4.78 is 2.10. The van der Waals surface area contributed by atoms with Crippen LogP contribution in [0.15, 0.2) is 54.9 Å². The minimum Gasteiger partial charge on any atom is -0.387 e. The molecule has 17 heavy (non-hydrogen) atoms. The number of benzene rings is 1. The fraction of sp³-hybridized carbons (Fsp3) is 0.0714. The Morgan fingerprint density at radius 2 is 1.88 bits per heavy atom. The van der Waals surface area contributed by atoms with Crippen LogP contribution in [0.5, 0.6) is 0 Å². The van der Waals surface area contributed by atoms with Crippen LogP contribution in [0.1, 0.15) is 0 Å². The fourth-order valence-electron chi connectivity index (χ4n) is 1.94. The molecule has 3 rings (SSSR count). The van der Waals surface area contributed by atoms with Crippen LogP contribution in [0, 0.1) is 0 Å². The summed E-state index contributed by atoms with van der Waals surface area (Å²) in [5.74, 6) is 0.970. The third-order valence-electron chi connectivity index (χ3n) is 2.85. The second-order valence-corrected chi connectivity index (χ2v) is 3.91. The predicted octanol–water partition coefficient (Wildman–Crippen LogP) is 3.04. The van der Waals surface area contributed by atoms with E-state index in [-0.39, 0.29) is 0 Å². The van der Waals surface area contributed by atoms with Crippen LogP contribution in [-0.2, 0) is 0 Å². The van der Waals surface area contributed by atoms with Gasteiger partial charge >= 0.3 is 0 Å². The number of aromatic nitrogens is 2. The number of rotatable bonds is 2. The zero-order chi connectivity index (χ0) is 11.7. The lowest BCUT2D eigenvalue weighted by molar-refractivity contribution is 1.16. The molecule has 0 spiro atoms. The van der Waals surface area contributed by atoms with Crippen molar-refractivity contribution in [2.45, 2.75) is 0 Å². The first-order valence-corrected chi connectivity index (χ1v) is 5.59. The van der Waals surface area contributed by atoms with Gasteiger partial charge in [0.15, 0.2) is 0 Å². The molecule has 3 aromatic rings. The van der Waals surface area contributed by atoms with E-state index in [9.17, 15) is 0 Å². The molecule has 0 saturated heterocycles. The van der Waals surface area contributed by atoms with Gasteiger partial charge in [-0.15, -0.1) is 0 Å². The van der Waals surface area contributed by atoms with Crippen LogP contribution >= 0.6 is 0 Å². The number of nitrogens with zero attached hydrogens (tertiary/aromatic N) is 2. The first-order chi connectivity index (χ1) is 8.38. The van der Waals surface area contributed by atoms with E-state index >= 15 is 0 Å². The highest BCUT2D eigenvalue weighted by Crippen LogP contribution is 2.21. The van der Waals surface area contributed by atoms with Gasteiger partial charge in [-0.3, -0.25) is 4.40 Å². The van der Waals surface area contributed by atoms with Gasteiger partial charge < -0.3 is 5.32 Å². The summed E-state index contributed by atoms with van der Waals surface area (Å²) in [5.41, 5.74) is 3.30. The molecule has 2 heterocycles. The lowest BCUT2D eigenvalue weighted by atomic mass is 10.2. The standard InChI is InChI=1S/C14H13N3/c1-15-12-7-8-13-9-16-14(17(13)10-12)11-5-3-2-4-6-11/h2-10,15H,1H3. The van der Waals surface area contributed by atoms with Gasteiger partial charge in [0.05, 0.1) is 17.4 Å². The molecule has 0 saturated carbocycles. The van der Waals surface area contributed by atoms with E-state index in [0.29, 0.717) is 0 Å². The summed E-state index contributed by atoms with van der Waals surface area (Å²) >= 11 is 0. The highest BCUT2D eigenvalue weighted by molar-refractivity contribution is 5.64. The summed E-state index contributed by atoms with van der Waals surface area (Å²) in [6, 6.07) is 14.3. The highest BCUT2D eigenvalue weighted by atomic mass is 15.0. The smallest absolute Gasteiger partial charge is 0.144 e. The Balaban J connectivity index is 2.23. The molecule has 0 aliphatic rings.